The third-order valence-corrected chi connectivity index (χ3v) is 8.79. The lowest BCUT2D eigenvalue weighted by Crippen LogP contribution is -2.31. The summed E-state index contributed by atoms with van der Waals surface area (Å²) in [6.07, 6.45) is -1.71. The Morgan fingerprint density at radius 1 is 1.25 bits per heavy atom. The molecule has 1 aromatic heterocycles. The monoisotopic (exact) mass is 543 g/mol. The normalized spacial score (nSPS) is 24.1. The van der Waals surface area contributed by atoms with Crippen LogP contribution in [-0.2, 0) is 24.9 Å². The number of halogens is 1. The Morgan fingerprint density at radius 3 is 2.61 bits per heavy atom. The van der Waals surface area contributed by atoms with Gasteiger partial charge in [-0.1, -0.05) is 43.0 Å². The number of aliphatic hydroxyl groups excluding tert-OH is 1. The van der Waals surface area contributed by atoms with Crippen LogP contribution in [0.3, 0.4) is 0 Å². The smallest absolute Gasteiger partial charge is 0.340 e. The van der Waals surface area contributed by atoms with Crippen molar-refractivity contribution in [3.8, 4) is 0 Å². The lowest BCUT2D eigenvalue weighted by molar-refractivity contribution is -0.00817. The van der Waals surface area contributed by atoms with E-state index in [1.165, 1.54) is 12.4 Å². The minimum Gasteiger partial charge on any atom is -0.387 e. The van der Waals surface area contributed by atoms with Gasteiger partial charge in [-0.2, -0.15) is 0 Å². The molecule has 3 rings (SSSR count). The van der Waals surface area contributed by atoms with Gasteiger partial charge < -0.3 is 34.4 Å². The van der Waals surface area contributed by atoms with E-state index in [0.717, 1.165) is 5.56 Å². The fourth-order valence-corrected chi connectivity index (χ4v) is 6.08. The first-order chi connectivity index (χ1) is 16.9. The Hall–Kier alpha value is -2.27. The molecule has 36 heavy (non-hydrogen) atoms. The number of ether oxygens (including phenoxy) is 1. The molecular formula is C22H28FN3O8P2. The number of aryl methyl sites for hydroxylation is 1. The molecule has 0 radical (unpaired) electrons. The number of nitrogens with one attached hydrogen (secondary N) is 1. The molecule has 1 aromatic carbocycles. The van der Waals surface area contributed by atoms with Gasteiger partial charge in [0.15, 0.2) is 12.1 Å². The average molecular weight is 543 g/mol. The predicted molar refractivity (Wildman–Crippen MR) is 131 cm³/mol. The van der Waals surface area contributed by atoms with E-state index in [1.807, 2.05) is 30.3 Å². The summed E-state index contributed by atoms with van der Waals surface area (Å²) in [5.41, 5.74) is 2.51. The summed E-state index contributed by atoms with van der Waals surface area (Å²) in [4.78, 5) is 35.8. The molecule has 1 saturated heterocycles. The van der Waals surface area contributed by atoms with E-state index in [0.29, 0.717) is 23.6 Å². The molecule has 0 bridgehead atoms. The number of rotatable bonds is 11. The van der Waals surface area contributed by atoms with Crippen molar-refractivity contribution in [2.45, 2.75) is 38.0 Å². The van der Waals surface area contributed by atoms with Crippen LogP contribution in [0.2, 0.25) is 0 Å². The van der Waals surface area contributed by atoms with E-state index in [9.17, 15) is 23.5 Å². The molecule has 5 N–H and O–H groups in total. The van der Waals surface area contributed by atoms with Gasteiger partial charge in [0, 0.05) is 12.1 Å². The van der Waals surface area contributed by atoms with Crippen LogP contribution >= 0.6 is 15.2 Å². The van der Waals surface area contributed by atoms with Crippen molar-refractivity contribution < 1.29 is 42.6 Å². The highest BCUT2D eigenvalue weighted by Crippen LogP contribution is 2.55. The molecular weight excluding hydrogens is 515 g/mol. The second-order valence-electron chi connectivity index (χ2n) is 8.24. The van der Waals surface area contributed by atoms with Gasteiger partial charge in [-0.3, -0.25) is 9.13 Å². The maximum absolute atomic E-state index is 14.7. The summed E-state index contributed by atoms with van der Waals surface area (Å²) in [6.45, 7) is 5.36. The van der Waals surface area contributed by atoms with E-state index in [1.54, 1.807) is 13.0 Å². The van der Waals surface area contributed by atoms with Crippen LogP contribution in [0.25, 0.3) is 6.08 Å². The fraction of sp³-hybridized carbons (Fsp3) is 0.364. The van der Waals surface area contributed by atoms with E-state index in [2.05, 4.69) is 26.4 Å². The summed E-state index contributed by atoms with van der Waals surface area (Å²) in [5.74, 6) is -0.852. The first-order valence-corrected chi connectivity index (χ1v) is 14.4. The topological polar surface area (TPSA) is 171 Å². The van der Waals surface area contributed by atoms with Gasteiger partial charge in [-0.15, -0.1) is 0 Å². The lowest BCUT2D eigenvalue weighted by Gasteiger charge is -2.18. The Balaban J connectivity index is 1.66. The molecule has 1 unspecified atom stereocenters. The maximum atomic E-state index is 14.7. The van der Waals surface area contributed by atoms with Gasteiger partial charge in [0.1, 0.15) is 30.5 Å². The Labute approximate surface area is 207 Å². The highest BCUT2D eigenvalue weighted by molar-refractivity contribution is 7.70. The molecule has 2 aromatic rings. The van der Waals surface area contributed by atoms with Crippen molar-refractivity contribution >= 4 is 27.1 Å². The number of aromatic nitrogens is 2. The summed E-state index contributed by atoms with van der Waals surface area (Å²) >= 11 is 0. The lowest BCUT2D eigenvalue weighted by atomic mass is 10.0. The van der Waals surface area contributed by atoms with E-state index in [4.69, 9.17) is 14.5 Å². The highest BCUT2D eigenvalue weighted by atomic mass is 31.2. The first-order valence-electron chi connectivity index (χ1n) is 10.8. The minimum atomic E-state index is -4.83. The molecule has 1 aliphatic rings. The molecule has 0 amide bonds. The zero-order valence-electron chi connectivity index (χ0n) is 19.3. The van der Waals surface area contributed by atoms with Gasteiger partial charge in [-0.25, -0.2) is 14.4 Å². The van der Waals surface area contributed by atoms with Crippen molar-refractivity contribution in [1.29, 1.82) is 0 Å². The number of benzene rings is 1. The van der Waals surface area contributed by atoms with Gasteiger partial charge >= 0.3 is 15.2 Å². The van der Waals surface area contributed by atoms with E-state index < -0.39 is 52.2 Å². The summed E-state index contributed by atoms with van der Waals surface area (Å²) in [7, 11) is -9.51. The van der Waals surface area contributed by atoms with Crippen LogP contribution in [0.4, 0.5) is 10.2 Å². The van der Waals surface area contributed by atoms with Crippen LogP contribution < -0.4 is 5.32 Å². The first kappa shape index (κ1) is 28.3. The molecule has 0 aliphatic carbocycles. The van der Waals surface area contributed by atoms with Crippen LogP contribution in [0.1, 0.15) is 16.8 Å². The second-order valence-corrected chi connectivity index (χ2v) is 12.2. The quantitative estimate of drug-likeness (QED) is 0.208. The third kappa shape index (κ3) is 7.86. The van der Waals surface area contributed by atoms with E-state index in [-0.39, 0.29) is 5.57 Å². The van der Waals surface area contributed by atoms with Crippen molar-refractivity contribution in [3.05, 3.63) is 71.7 Å². The molecule has 14 heteroatoms. The number of alkyl halides is 1. The standard InChI is InChI=1S/C22H28FN3O8P2/c1-14(21-19(23)20(27)18(34-21)11-33-36(31,32)13-35(28,29)30)8-9-17-15(2)25-12-26-22(17)24-10-16-6-4-3-5-7-16/h3-9,12,18-21,27H,1,10-11,13H2,2H3,(H,31,32)(H,24,25,26)(H2,28,29,30)/b9-8-/t18-,19+,20-,21+/m1/s1. The number of hydrogen-bond donors (Lipinski definition) is 5. The SMILES string of the molecule is C=C(/C=C\c1c(C)ncnc1NCc1ccccc1)[C@@H]1O[C@H](COP(=O)(O)CP(=O)(O)O)[C@@H](O)[C@@H]1F. The van der Waals surface area contributed by atoms with Gasteiger partial charge in [-0.05, 0) is 24.1 Å². The molecule has 5 atom stereocenters. The van der Waals surface area contributed by atoms with Crippen molar-refractivity contribution in [3.63, 3.8) is 0 Å². The number of hydrogen-bond acceptors (Lipinski definition) is 8. The maximum Gasteiger partial charge on any atom is 0.340 e. The van der Waals surface area contributed by atoms with Gasteiger partial charge in [0.25, 0.3) is 0 Å². The Morgan fingerprint density at radius 2 is 1.94 bits per heavy atom. The van der Waals surface area contributed by atoms with Crippen molar-refractivity contribution in [2.24, 2.45) is 0 Å². The van der Waals surface area contributed by atoms with Crippen molar-refractivity contribution in [1.82, 2.24) is 9.97 Å². The molecule has 196 valence electrons. The molecule has 1 aliphatic heterocycles. The minimum absolute atomic E-state index is 0.170. The molecule has 2 heterocycles. The number of anilines is 1. The predicted octanol–water partition coefficient (Wildman–Crippen LogP) is 2.77. The van der Waals surface area contributed by atoms with Crippen LogP contribution in [0.5, 0.6) is 0 Å². The summed E-state index contributed by atoms with van der Waals surface area (Å²) in [6, 6.07) is 9.69. The number of aliphatic hydroxyl groups is 1. The second kappa shape index (κ2) is 11.9. The van der Waals surface area contributed by atoms with Gasteiger partial charge in [0.05, 0.1) is 12.3 Å². The molecule has 0 spiro atoms. The Kier molecular flexibility index (Phi) is 9.32. The van der Waals surface area contributed by atoms with Gasteiger partial charge in [0.2, 0.25) is 0 Å². The zero-order valence-corrected chi connectivity index (χ0v) is 21.1. The van der Waals surface area contributed by atoms with Crippen molar-refractivity contribution in [2.75, 3.05) is 17.8 Å². The molecule has 11 nitrogen and oxygen atoms in total. The van der Waals surface area contributed by atoms with Crippen LogP contribution in [0.15, 0.2) is 54.9 Å². The Bertz CT molecular complexity index is 1190. The molecule has 0 saturated carbocycles. The van der Waals surface area contributed by atoms with E-state index >= 15 is 0 Å². The largest absolute Gasteiger partial charge is 0.387 e. The summed E-state index contributed by atoms with van der Waals surface area (Å²) < 4.78 is 47.6. The average Bonchev–Trinajstić information content (AvgIpc) is 3.08. The number of nitrogens with zero attached hydrogens (tertiary/aromatic N) is 2. The fourth-order valence-electron chi connectivity index (χ4n) is 3.51. The molecule has 1 fully saturated rings. The van der Waals surface area contributed by atoms with Crippen LogP contribution in [-0.4, -0.2) is 66.7 Å². The third-order valence-electron chi connectivity index (χ3n) is 5.34. The highest BCUT2D eigenvalue weighted by Gasteiger charge is 2.46. The summed E-state index contributed by atoms with van der Waals surface area (Å²) in [5, 5.41) is 13.4. The zero-order chi connectivity index (χ0) is 26.5. The van der Waals surface area contributed by atoms with Crippen LogP contribution in [0, 0.1) is 6.92 Å².